The lowest BCUT2D eigenvalue weighted by Crippen LogP contribution is -2.27. The summed E-state index contributed by atoms with van der Waals surface area (Å²) in [6, 6.07) is 6.49. The minimum Gasteiger partial charge on any atom is -0.493 e. The van der Waals surface area contributed by atoms with Crippen molar-refractivity contribution >= 4 is 10.0 Å². The fraction of sp³-hybridized carbons (Fsp3) is 0.333. The van der Waals surface area contributed by atoms with E-state index in [1.165, 1.54) is 45.4 Å². The number of rotatable bonds is 6. The smallest absolute Gasteiger partial charge is 0.416 e. The van der Waals surface area contributed by atoms with Crippen LogP contribution in [0, 0.1) is 6.92 Å². The van der Waals surface area contributed by atoms with Crippen LogP contribution in [0.2, 0.25) is 0 Å². The topological polar surface area (TPSA) is 64.6 Å². The van der Waals surface area contributed by atoms with Crippen LogP contribution >= 0.6 is 0 Å². The molecule has 27 heavy (non-hydrogen) atoms. The molecule has 2 rings (SSSR count). The Labute approximate surface area is 156 Å². The van der Waals surface area contributed by atoms with E-state index in [-0.39, 0.29) is 16.2 Å². The molecule has 0 amide bonds. The van der Waals surface area contributed by atoms with E-state index < -0.39 is 27.8 Å². The number of nitrogens with one attached hydrogen (secondary N) is 1. The molecule has 2 aromatic rings. The van der Waals surface area contributed by atoms with Crippen LogP contribution in [0.15, 0.2) is 41.3 Å². The number of halogens is 3. The maximum atomic E-state index is 12.9. The monoisotopic (exact) mass is 403 g/mol. The van der Waals surface area contributed by atoms with Crippen LogP contribution in [0.3, 0.4) is 0 Å². The van der Waals surface area contributed by atoms with Gasteiger partial charge in [0.25, 0.3) is 0 Å². The minimum atomic E-state index is -4.51. The molecule has 1 N–H and O–H groups in total. The number of hydrogen-bond donors (Lipinski definition) is 1. The maximum Gasteiger partial charge on any atom is 0.416 e. The average Bonchev–Trinajstić information content (AvgIpc) is 2.60. The molecule has 5 nitrogen and oxygen atoms in total. The van der Waals surface area contributed by atoms with Gasteiger partial charge in [0.1, 0.15) is 0 Å². The molecule has 0 saturated heterocycles. The van der Waals surface area contributed by atoms with Gasteiger partial charge < -0.3 is 9.47 Å². The highest BCUT2D eigenvalue weighted by atomic mass is 32.2. The molecule has 148 valence electrons. The summed E-state index contributed by atoms with van der Waals surface area (Å²) in [6.07, 6.45) is -4.51. The quantitative estimate of drug-likeness (QED) is 0.790. The van der Waals surface area contributed by atoms with E-state index in [0.717, 1.165) is 12.1 Å². The van der Waals surface area contributed by atoms with Gasteiger partial charge >= 0.3 is 6.18 Å². The van der Waals surface area contributed by atoms with Crippen molar-refractivity contribution in [3.05, 3.63) is 53.1 Å². The number of hydrogen-bond acceptors (Lipinski definition) is 4. The zero-order chi connectivity index (χ0) is 20.4. The van der Waals surface area contributed by atoms with Crippen molar-refractivity contribution in [3.8, 4) is 11.5 Å². The first kappa shape index (κ1) is 21.0. The summed E-state index contributed by atoms with van der Waals surface area (Å²) in [7, 11) is -1.20. The summed E-state index contributed by atoms with van der Waals surface area (Å²) < 4.78 is 76.8. The molecule has 1 atom stereocenters. The molecular formula is C18H20F3NO4S. The van der Waals surface area contributed by atoms with Crippen molar-refractivity contribution in [2.24, 2.45) is 0 Å². The second-order valence-corrected chi connectivity index (χ2v) is 7.62. The first-order chi connectivity index (χ1) is 12.5. The third-order valence-corrected chi connectivity index (χ3v) is 5.70. The van der Waals surface area contributed by atoms with Gasteiger partial charge in [-0.3, -0.25) is 0 Å². The predicted octanol–water partition coefficient (Wildman–Crippen LogP) is 4.07. The molecule has 0 radical (unpaired) electrons. The molecule has 0 saturated carbocycles. The second-order valence-electron chi connectivity index (χ2n) is 5.94. The highest BCUT2D eigenvalue weighted by molar-refractivity contribution is 7.89. The molecule has 1 unspecified atom stereocenters. The molecule has 0 aliphatic rings. The Bertz CT molecular complexity index is 927. The number of aryl methyl sites for hydroxylation is 1. The van der Waals surface area contributed by atoms with Crippen molar-refractivity contribution in [2.45, 2.75) is 31.0 Å². The third-order valence-electron chi connectivity index (χ3n) is 4.02. The highest BCUT2D eigenvalue weighted by Gasteiger charge is 2.31. The van der Waals surface area contributed by atoms with E-state index in [2.05, 4.69) is 4.72 Å². The van der Waals surface area contributed by atoms with Crippen LogP contribution in [-0.4, -0.2) is 22.6 Å². The van der Waals surface area contributed by atoms with Crippen LogP contribution in [-0.2, 0) is 16.2 Å². The first-order valence-electron chi connectivity index (χ1n) is 7.91. The molecular weight excluding hydrogens is 383 g/mol. The second kappa shape index (κ2) is 7.77. The third kappa shape index (κ3) is 4.72. The lowest BCUT2D eigenvalue weighted by atomic mass is 10.1. The van der Waals surface area contributed by atoms with E-state index in [4.69, 9.17) is 9.47 Å². The Morgan fingerprint density at radius 3 is 2.19 bits per heavy atom. The van der Waals surface area contributed by atoms with Crippen molar-refractivity contribution in [1.29, 1.82) is 0 Å². The number of alkyl halides is 3. The van der Waals surface area contributed by atoms with Crippen LogP contribution in [0.25, 0.3) is 0 Å². The fourth-order valence-electron chi connectivity index (χ4n) is 2.60. The number of sulfonamides is 1. The lowest BCUT2D eigenvalue weighted by Gasteiger charge is -2.18. The van der Waals surface area contributed by atoms with Gasteiger partial charge in [-0.25, -0.2) is 13.1 Å². The van der Waals surface area contributed by atoms with Crippen molar-refractivity contribution < 1.29 is 31.1 Å². The first-order valence-corrected chi connectivity index (χ1v) is 9.40. The predicted molar refractivity (Wildman–Crippen MR) is 94.5 cm³/mol. The number of benzene rings is 2. The van der Waals surface area contributed by atoms with E-state index >= 15 is 0 Å². The summed E-state index contributed by atoms with van der Waals surface area (Å²) in [5, 5.41) is 0. The van der Waals surface area contributed by atoms with Gasteiger partial charge in [-0.1, -0.05) is 12.1 Å². The highest BCUT2D eigenvalue weighted by Crippen LogP contribution is 2.34. The molecule has 0 heterocycles. The zero-order valence-corrected chi connectivity index (χ0v) is 16.0. The van der Waals surface area contributed by atoms with Gasteiger partial charge in [0.2, 0.25) is 10.0 Å². The Balaban J connectivity index is 2.36. The minimum absolute atomic E-state index is 0.0426. The van der Waals surface area contributed by atoms with Gasteiger partial charge in [-0.2, -0.15) is 13.2 Å². The summed E-state index contributed by atoms with van der Waals surface area (Å²) in [5.41, 5.74) is -0.226. The number of ether oxygens (including phenoxy) is 2. The summed E-state index contributed by atoms with van der Waals surface area (Å²) in [4.78, 5) is -0.0426. The Morgan fingerprint density at radius 1 is 1.04 bits per heavy atom. The van der Waals surface area contributed by atoms with Gasteiger partial charge in [0.15, 0.2) is 11.5 Å². The van der Waals surface area contributed by atoms with Gasteiger partial charge in [-0.05, 0) is 43.2 Å². The lowest BCUT2D eigenvalue weighted by molar-refractivity contribution is -0.137. The van der Waals surface area contributed by atoms with Gasteiger partial charge in [0.05, 0.1) is 24.7 Å². The van der Waals surface area contributed by atoms with E-state index in [9.17, 15) is 21.6 Å². The Kier molecular flexibility index (Phi) is 6.06. The molecule has 0 aliphatic carbocycles. The summed E-state index contributed by atoms with van der Waals surface area (Å²) in [6.45, 7) is 3.06. The Morgan fingerprint density at radius 2 is 1.63 bits per heavy atom. The van der Waals surface area contributed by atoms with E-state index in [1.54, 1.807) is 6.92 Å². The van der Waals surface area contributed by atoms with Crippen LogP contribution in [0.1, 0.15) is 29.7 Å². The number of methoxy groups -OCH3 is 2. The molecule has 0 aromatic heterocycles. The summed E-state index contributed by atoms with van der Waals surface area (Å²) >= 11 is 0. The SMILES string of the molecule is COc1cc(C)c(S(=O)(=O)NC(C)c2cccc(C(F)(F)F)c2)cc1OC. The Hall–Kier alpha value is -2.26. The van der Waals surface area contributed by atoms with Crippen molar-refractivity contribution in [2.75, 3.05) is 14.2 Å². The fourth-order valence-corrected chi connectivity index (χ4v) is 4.07. The normalized spacial score (nSPS) is 13.3. The zero-order valence-electron chi connectivity index (χ0n) is 15.2. The molecule has 2 aromatic carbocycles. The maximum absolute atomic E-state index is 12.9. The van der Waals surface area contributed by atoms with Crippen LogP contribution in [0.5, 0.6) is 11.5 Å². The molecule has 0 aliphatic heterocycles. The molecule has 0 bridgehead atoms. The summed E-state index contributed by atoms with van der Waals surface area (Å²) in [5.74, 6) is 0.607. The van der Waals surface area contributed by atoms with Crippen molar-refractivity contribution in [1.82, 2.24) is 4.72 Å². The molecule has 0 fully saturated rings. The van der Waals surface area contributed by atoms with Crippen molar-refractivity contribution in [3.63, 3.8) is 0 Å². The standard InChI is InChI=1S/C18H20F3NO4S/c1-11-8-15(25-3)16(26-4)10-17(11)27(23,24)22-12(2)13-6-5-7-14(9-13)18(19,20)21/h5-10,12,22H,1-4H3. The van der Waals surface area contributed by atoms with E-state index in [1.807, 2.05) is 0 Å². The van der Waals surface area contributed by atoms with Crippen LogP contribution < -0.4 is 14.2 Å². The van der Waals surface area contributed by atoms with Gasteiger partial charge in [-0.15, -0.1) is 0 Å². The van der Waals surface area contributed by atoms with Gasteiger partial charge in [0, 0.05) is 12.1 Å². The molecule has 0 spiro atoms. The average molecular weight is 403 g/mol. The largest absolute Gasteiger partial charge is 0.493 e. The molecule has 9 heteroatoms. The van der Waals surface area contributed by atoms with E-state index in [0.29, 0.717) is 11.3 Å². The van der Waals surface area contributed by atoms with Crippen LogP contribution in [0.4, 0.5) is 13.2 Å².